The van der Waals surface area contributed by atoms with E-state index >= 15 is 0 Å². The monoisotopic (exact) mass is 385 g/mol. The van der Waals surface area contributed by atoms with Crippen molar-refractivity contribution in [2.24, 2.45) is 13.0 Å². The van der Waals surface area contributed by atoms with E-state index in [1.54, 1.807) is 24.0 Å². The molecule has 1 unspecified atom stereocenters. The number of piperidine rings is 1. The molecular weight excluding hydrogens is 358 g/mol. The van der Waals surface area contributed by atoms with Crippen LogP contribution in [0.1, 0.15) is 66.6 Å². The largest absolute Gasteiger partial charge is 0.375 e. The quantitative estimate of drug-likeness (QED) is 0.803. The van der Waals surface area contributed by atoms with Gasteiger partial charge in [0.05, 0.1) is 5.60 Å². The number of ether oxygens (including phenoxy) is 1. The average Bonchev–Trinajstić information content (AvgIpc) is 3.30. The van der Waals surface area contributed by atoms with Crippen LogP contribution in [0.25, 0.3) is 0 Å². The number of aryl methyl sites for hydroxylation is 1. The Morgan fingerprint density at radius 3 is 2.82 bits per heavy atom. The molecule has 4 heterocycles. The number of carbonyl (C=O) groups excluding carboxylic acids is 1. The fourth-order valence-electron chi connectivity index (χ4n) is 4.62. The second kappa shape index (κ2) is 6.99. The Morgan fingerprint density at radius 2 is 2.11 bits per heavy atom. The van der Waals surface area contributed by atoms with Gasteiger partial charge < -0.3 is 14.2 Å². The van der Waals surface area contributed by atoms with Crippen LogP contribution in [-0.4, -0.2) is 56.0 Å². The lowest BCUT2D eigenvalue weighted by Gasteiger charge is -2.46. The van der Waals surface area contributed by atoms with Crippen molar-refractivity contribution in [3.05, 3.63) is 29.7 Å². The highest BCUT2D eigenvalue weighted by molar-refractivity contribution is 5.92. The van der Waals surface area contributed by atoms with Crippen LogP contribution < -0.4 is 0 Å². The number of likely N-dealkylation sites (tertiary alicyclic amines) is 1. The second-order valence-electron chi connectivity index (χ2n) is 8.55. The predicted molar refractivity (Wildman–Crippen MR) is 99.7 cm³/mol. The molecule has 1 spiro atoms. The van der Waals surface area contributed by atoms with Crippen molar-refractivity contribution in [3.63, 3.8) is 0 Å². The maximum Gasteiger partial charge on any atom is 0.272 e. The molecule has 0 bridgehead atoms. The zero-order valence-corrected chi connectivity index (χ0v) is 16.3. The summed E-state index contributed by atoms with van der Waals surface area (Å²) in [6.45, 7) is 2.22. The van der Waals surface area contributed by atoms with Crippen molar-refractivity contribution in [1.29, 1.82) is 0 Å². The van der Waals surface area contributed by atoms with E-state index < -0.39 is 0 Å². The van der Waals surface area contributed by atoms with Crippen molar-refractivity contribution >= 4 is 5.91 Å². The first-order valence-corrected chi connectivity index (χ1v) is 10.4. The minimum Gasteiger partial charge on any atom is -0.375 e. The van der Waals surface area contributed by atoms with Crippen LogP contribution in [0.4, 0.5) is 0 Å². The summed E-state index contributed by atoms with van der Waals surface area (Å²) in [5, 5.41) is 8.25. The molecule has 5 rings (SSSR count). The predicted octanol–water partition coefficient (Wildman–Crippen LogP) is 2.32. The highest BCUT2D eigenvalue weighted by Crippen LogP contribution is 2.40. The summed E-state index contributed by atoms with van der Waals surface area (Å²) in [6, 6.07) is 1.78. The van der Waals surface area contributed by atoms with Gasteiger partial charge in [0.1, 0.15) is 5.69 Å². The van der Waals surface area contributed by atoms with Gasteiger partial charge in [-0.1, -0.05) is 5.16 Å². The van der Waals surface area contributed by atoms with Gasteiger partial charge in [-0.15, -0.1) is 0 Å². The Kier molecular flexibility index (Phi) is 4.45. The number of rotatable bonds is 4. The van der Waals surface area contributed by atoms with Crippen molar-refractivity contribution < 1.29 is 14.1 Å². The summed E-state index contributed by atoms with van der Waals surface area (Å²) in [7, 11) is 1.81. The van der Waals surface area contributed by atoms with Crippen LogP contribution in [0.5, 0.6) is 0 Å². The summed E-state index contributed by atoms with van der Waals surface area (Å²) < 4.78 is 13.4. The van der Waals surface area contributed by atoms with Gasteiger partial charge in [-0.2, -0.15) is 10.1 Å². The number of carbonyl (C=O) groups is 1. The second-order valence-corrected chi connectivity index (χ2v) is 8.55. The van der Waals surface area contributed by atoms with Crippen LogP contribution >= 0.6 is 0 Å². The molecule has 0 radical (unpaired) electrons. The summed E-state index contributed by atoms with van der Waals surface area (Å²) in [4.78, 5) is 19.2. The topological polar surface area (TPSA) is 86.3 Å². The maximum atomic E-state index is 12.7. The Labute approximate surface area is 164 Å². The molecule has 2 saturated heterocycles. The number of aromatic nitrogens is 4. The van der Waals surface area contributed by atoms with Gasteiger partial charge in [-0.25, -0.2) is 0 Å². The SMILES string of the molecule is Cn1nccc1C(=O)N1CCC2(CC1)CC(Cc1nc(C3CC3)no1)CCO2. The minimum absolute atomic E-state index is 0.0562. The third kappa shape index (κ3) is 3.45. The van der Waals surface area contributed by atoms with E-state index in [1.807, 2.05) is 4.90 Å². The lowest BCUT2D eigenvalue weighted by atomic mass is 9.78. The third-order valence-corrected chi connectivity index (χ3v) is 6.49. The van der Waals surface area contributed by atoms with Crippen molar-refractivity contribution in [3.8, 4) is 0 Å². The van der Waals surface area contributed by atoms with Crippen LogP contribution in [0, 0.1) is 5.92 Å². The highest BCUT2D eigenvalue weighted by atomic mass is 16.5. The van der Waals surface area contributed by atoms with Crippen LogP contribution in [-0.2, 0) is 18.2 Å². The van der Waals surface area contributed by atoms with Crippen molar-refractivity contribution in [2.75, 3.05) is 19.7 Å². The molecule has 2 aromatic rings. The molecule has 8 nitrogen and oxygen atoms in total. The highest BCUT2D eigenvalue weighted by Gasteiger charge is 2.42. The average molecular weight is 385 g/mol. The van der Waals surface area contributed by atoms with E-state index in [4.69, 9.17) is 9.26 Å². The van der Waals surface area contributed by atoms with Crippen molar-refractivity contribution in [2.45, 2.75) is 56.5 Å². The van der Waals surface area contributed by atoms with Gasteiger partial charge in [-0.3, -0.25) is 9.48 Å². The summed E-state index contributed by atoms with van der Waals surface area (Å²) >= 11 is 0. The molecule has 3 aliphatic rings. The fraction of sp³-hybridized carbons (Fsp3) is 0.700. The third-order valence-electron chi connectivity index (χ3n) is 6.49. The number of hydrogen-bond donors (Lipinski definition) is 0. The lowest BCUT2D eigenvalue weighted by molar-refractivity contribution is -0.124. The Balaban J connectivity index is 1.19. The summed E-state index contributed by atoms with van der Waals surface area (Å²) in [6.07, 6.45) is 8.67. The number of nitrogens with zero attached hydrogens (tertiary/aromatic N) is 5. The smallest absolute Gasteiger partial charge is 0.272 e. The molecule has 1 atom stereocenters. The normalized spacial score (nSPS) is 24.6. The Hall–Kier alpha value is -2.22. The zero-order valence-electron chi connectivity index (χ0n) is 16.3. The van der Waals surface area contributed by atoms with Gasteiger partial charge in [-0.05, 0) is 50.5 Å². The molecule has 0 N–H and O–H groups in total. The first kappa shape index (κ1) is 17.8. The molecule has 2 aliphatic heterocycles. The van der Waals surface area contributed by atoms with Gasteiger partial charge in [0.2, 0.25) is 5.89 Å². The zero-order chi connectivity index (χ0) is 19.1. The molecule has 150 valence electrons. The van der Waals surface area contributed by atoms with Gasteiger partial charge >= 0.3 is 0 Å². The van der Waals surface area contributed by atoms with Crippen LogP contribution in [0.2, 0.25) is 0 Å². The minimum atomic E-state index is -0.120. The standard InChI is InChI=1S/C20H27N5O3/c1-24-16(4-8-21-24)19(26)25-9-6-20(7-10-25)13-14(5-11-27-20)12-17-22-18(23-28-17)15-2-3-15/h4,8,14-15H,2-3,5-7,9-13H2,1H3. The van der Waals surface area contributed by atoms with E-state index in [0.29, 0.717) is 17.5 Å². The van der Waals surface area contributed by atoms with Crippen LogP contribution in [0.15, 0.2) is 16.8 Å². The maximum absolute atomic E-state index is 12.7. The van der Waals surface area contributed by atoms with E-state index in [9.17, 15) is 4.79 Å². The first-order chi connectivity index (χ1) is 13.6. The molecule has 1 saturated carbocycles. The summed E-state index contributed by atoms with van der Waals surface area (Å²) in [5.74, 6) is 2.74. The van der Waals surface area contributed by atoms with E-state index in [0.717, 1.165) is 63.5 Å². The van der Waals surface area contributed by atoms with Gasteiger partial charge in [0.25, 0.3) is 5.91 Å². The molecule has 3 fully saturated rings. The molecule has 1 amide bonds. The molecule has 8 heteroatoms. The Bertz CT molecular complexity index is 848. The molecule has 2 aromatic heterocycles. The molecular formula is C20H27N5O3. The molecule has 0 aromatic carbocycles. The number of amides is 1. The molecule has 28 heavy (non-hydrogen) atoms. The fourth-order valence-corrected chi connectivity index (χ4v) is 4.62. The Morgan fingerprint density at radius 1 is 1.29 bits per heavy atom. The number of hydrogen-bond acceptors (Lipinski definition) is 6. The van der Waals surface area contributed by atoms with E-state index in [-0.39, 0.29) is 11.5 Å². The van der Waals surface area contributed by atoms with E-state index in [1.165, 1.54) is 12.8 Å². The lowest BCUT2D eigenvalue weighted by Crippen LogP contribution is -2.51. The van der Waals surface area contributed by atoms with Crippen LogP contribution in [0.3, 0.4) is 0 Å². The molecule has 1 aliphatic carbocycles. The van der Waals surface area contributed by atoms with E-state index in [2.05, 4.69) is 15.2 Å². The van der Waals surface area contributed by atoms with Gasteiger partial charge in [0, 0.05) is 45.3 Å². The van der Waals surface area contributed by atoms with Crippen molar-refractivity contribution in [1.82, 2.24) is 24.8 Å². The first-order valence-electron chi connectivity index (χ1n) is 10.4. The van der Waals surface area contributed by atoms with Gasteiger partial charge in [0.15, 0.2) is 5.82 Å². The summed E-state index contributed by atoms with van der Waals surface area (Å²) in [5.41, 5.74) is 0.521.